The van der Waals surface area contributed by atoms with Crippen LogP contribution >= 0.6 is 35.3 Å². The SMILES string of the molecule is COC(=O)C(Cc1cnc[nH]1)NC(=O)[C@@H](CCSC)NC(=O)C1CC(C(=O)N[C@@H](CCSC)C(=O)N[C@@H](Cc2cnc[nH]2)C(=O)OC)CC(C(=O)N[C@@H](CCSC)C(=O)N[C@@H](Cc2cnc[nH]2)C(=O)OC)C1. The first kappa shape index (κ1) is 58.5. The molecule has 0 aliphatic heterocycles. The van der Waals surface area contributed by atoms with E-state index >= 15 is 0 Å². The Kier molecular flexibility index (Phi) is 24.9. The Morgan fingerprint density at radius 2 is 0.736 bits per heavy atom. The number of nitrogens with zero attached hydrogens (tertiary/aromatic N) is 3. The zero-order chi connectivity index (χ0) is 52.6. The molecule has 8 atom stereocenters. The number of H-pyrrole nitrogens is 3. The van der Waals surface area contributed by atoms with Crippen molar-refractivity contribution < 1.29 is 57.4 Å². The van der Waals surface area contributed by atoms with Crippen molar-refractivity contribution in [2.24, 2.45) is 17.8 Å². The number of aromatic nitrogens is 6. The largest absolute Gasteiger partial charge is 0.467 e. The second kappa shape index (κ2) is 30.7. The zero-order valence-corrected chi connectivity index (χ0v) is 43.6. The van der Waals surface area contributed by atoms with Crippen LogP contribution in [0.4, 0.5) is 0 Å². The maximum absolute atomic E-state index is 14.5. The van der Waals surface area contributed by atoms with Crippen LogP contribution in [0, 0.1) is 17.8 Å². The lowest BCUT2D eigenvalue weighted by molar-refractivity contribution is -0.145. The van der Waals surface area contributed by atoms with Crippen LogP contribution in [0.3, 0.4) is 0 Å². The first-order valence-electron chi connectivity index (χ1n) is 23.1. The molecule has 1 fully saturated rings. The molecule has 6 amide bonds. The fourth-order valence-electron chi connectivity index (χ4n) is 8.02. The lowest BCUT2D eigenvalue weighted by atomic mass is 9.73. The molecule has 1 saturated carbocycles. The molecular formula is C45H66N12O12S3. The summed E-state index contributed by atoms with van der Waals surface area (Å²) in [7, 11) is 3.55. The van der Waals surface area contributed by atoms with E-state index in [9.17, 15) is 43.2 Å². The van der Waals surface area contributed by atoms with Crippen LogP contribution in [0.15, 0.2) is 37.6 Å². The van der Waals surface area contributed by atoms with Gasteiger partial charge in [-0.2, -0.15) is 35.3 Å². The Morgan fingerprint density at radius 3 is 0.944 bits per heavy atom. The number of ether oxygens (including phenoxy) is 3. The molecular weight excluding hydrogens is 997 g/mol. The van der Waals surface area contributed by atoms with Gasteiger partial charge in [0.15, 0.2) is 0 Å². The molecule has 0 saturated heterocycles. The molecule has 1 aliphatic carbocycles. The predicted octanol–water partition coefficient (Wildman–Crippen LogP) is -0.397. The summed E-state index contributed by atoms with van der Waals surface area (Å²) < 4.78 is 14.8. The molecule has 3 aromatic rings. The highest BCUT2D eigenvalue weighted by Crippen LogP contribution is 2.35. The number of thioether (sulfide) groups is 3. The Morgan fingerprint density at radius 1 is 0.472 bits per heavy atom. The average molecular weight is 1060 g/mol. The summed E-state index contributed by atoms with van der Waals surface area (Å²) in [5.41, 5.74) is 1.63. The summed E-state index contributed by atoms with van der Waals surface area (Å²) in [6, 6.07) is -6.89. The monoisotopic (exact) mass is 1060 g/mol. The number of rotatable bonds is 30. The topological polar surface area (TPSA) is 340 Å². The maximum Gasteiger partial charge on any atom is 0.328 e. The number of amides is 6. The van der Waals surface area contributed by atoms with E-state index in [2.05, 4.69) is 61.8 Å². The number of aromatic amines is 3. The van der Waals surface area contributed by atoms with Gasteiger partial charge in [0.2, 0.25) is 35.4 Å². The van der Waals surface area contributed by atoms with Crippen molar-refractivity contribution in [1.82, 2.24) is 61.8 Å². The number of nitrogens with one attached hydrogen (secondary N) is 9. The lowest BCUT2D eigenvalue weighted by Gasteiger charge is -2.35. The second-order valence-corrected chi connectivity index (χ2v) is 19.9. The minimum Gasteiger partial charge on any atom is -0.467 e. The van der Waals surface area contributed by atoms with Gasteiger partial charge in [0.05, 0.1) is 40.3 Å². The van der Waals surface area contributed by atoms with Crippen LogP contribution in [-0.4, -0.2) is 177 Å². The van der Waals surface area contributed by atoms with Gasteiger partial charge >= 0.3 is 17.9 Å². The summed E-state index contributed by atoms with van der Waals surface area (Å²) in [6.45, 7) is 0. The van der Waals surface area contributed by atoms with Gasteiger partial charge in [-0.3, -0.25) is 28.8 Å². The summed E-state index contributed by atoms with van der Waals surface area (Å²) in [5, 5.41) is 16.5. The third-order valence-corrected chi connectivity index (χ3v) is 13.8. The Labute approximate surface area is 429 Å². The molecule has 72 heavy (non-hydrogen) atoms. The summed E-state index contributed by atoms with van der Waals surface area (Å²) >= 11 is 4.27. The number of esters is 3. The van der Waals surface area contributed by atoms with E-state index < -0.39 is 107 Å². The number of carbonyl (C=O) groups excluding carboxylic acids is 9. The summed E-state index contributed by atoms with van der Waals surface area (Å²) in [5.74, 6) is -8.02. The molecule has 9 N–H and O–H groups in total. The van der Waals surface area contributed by atoms with Crippen LogP contribution < -0.4 is 31.9 Å². The maximum atomic E-state index is 14.5. The van der Waals surface area contributed by atoms with Gasteiger partial charge in [-0.25, -0.2) is 29.3 Å². The van der Waals surface area contributed by atoms with Crippen molar-refractivity contribution in [3.8, 4) is 0 Å². The van der Waals surface area contributed by atoms with Crippen molar-refractivity contribution in [3.05, 3.63) is 54.7 Å². The van der Waals surface area contributed by atoms with Gasteiger partial charge in [-0.05, 0) is 74.6 Å². The molecule has 3 heterocycles. The minimum absolute atomic E-state index is 0.0188. The first-order chi connectivity index (χ1) is 34.6. The molecule has 3 unspecified atom stereocenters. The Hall–Kier alpha value is -6.09. The molecule has 24 nitrogen and oxygen atoms in total. The van der Waals surface area contributed by atoms with E-state index in [1.165, 1.54) is 94.2 Å². The third kappa shape index (κ3) is 18.5. The molecule has 0 bridgehead atoms. The highest BCUT2D eigenvalue weighted by molar-refractivity contribution is 7.98. The van der Waals surface area contributed by atoms with E-state index in [1.54, 1.807) is 0 Å². The molecule has 27 heteroatoms. The van der Waals surface area contributed by atoms with Gasteiger partial charge in [-0.1, -0.05) is 0 Å². The number of imidazole rings is 3. The Bertz CT molecular complexity index is 1970. The van der Waals surface area contributed by atoms with Crippen molar-refractivity contribution in [1.29, 1.82) is 0 Å². The van der Waals surface area contributed by atoms with Crippen LogP contribution in [-0.2, 0) is 76.6 Å². The average Bonchev–Trinajstić information content (AvgIpc) is 4.22. The number of hydrogen-bond donors (Lipinski definition) is 9. The quantitative estimate of drug-likeness (QED) is 0.0303. The van der Waals surface area contributed by atoms with Gasteiger partial charge in [0.1, 0.15) is 36.3 Å². The zero-order valence-electron chi connectivity index (χ0n) is 41.1. The molecule has 4 rings (SSSR count). The minimum atomic E-state index is -1.16. The smallest absolute Gasteiger partial charge is 0.328 e. The van der Waals surface area contributed by atoms with Gasteiger partial charge < -0.3 is 61.1 Å². The van der Waals surface area contributed by atoms with Gasteiger partial charge in [-0.15, -0.1) is 0 Å². The van der Waals surface area contributed by atoms with Crippen LogP contribution in [0.2, 0.25) is 0 Å². The second-order valence-electron chi connectivity index (χ2n) is 16.9. The van der Waals surface area contributed by atoms with Crippen LogP contribution in [0.5, 0.6) is 0 Å². The molecule has 0 aromatic carbocycles. The van der Waals surface area contributed by atoms with E-state index in [0.29, 0.717) is 34.3 Å². The van der Waals surface area contributed by atoms with E-state index in [1.807, 2.05) is 18.8 Å². The standard InChI is InChI=1S/C45H66N12O12S3/c1-67-43(64)34(16-28-19-46-22-49-28)55-40(61)31(7-10-70-4)52-37(58)25-13-26(38(59)53-32(8-11-71-5)41(62)56-35(44(65)68-2)17-29-20-47-23-50-29)15-27(14-25)39(60)54-33(9-12-72-6)42(63)57-36(45(66)69-3)18-30-21-48-24-51-30/h19-27,31-36H,7-18H2,1-6H3,(H,46,49)(H,47,50)(H,48,51)(H,52,58)(H,53,59)(H,54,60)(H,55,61)(H,56,62)(H,57,63)/t25?,26?,27?,31-,32-,33+,34-,35-,36?/m0/s1. The predicted molar refractivity (Wildman–Crippen MR) is 268 cm³/mol. The van der Waals surface area contributed by atoms with Crippen molar-refractivity contribution in [2.75, 3.05) is 57.4 Å². The number of methoxy groups -OCH3 is 3. The number of hydrogen-bond acceptors (Lipinski definition) is 18. The van der Waals surface area contributed by atoms with Crippen molar-refractivity contribution in [3.63, 3.8) is 0 Å². The Balaban J connectivity index is 1.63. The van der Waals surface area contributed by atoms with Gasteiger partial charge in [0, 0.05) is 72.7 Å². The molecule has 0 radical (unpaired) electrons. The van der Waals surface area contributed by atoms with Crippen LogP contribution in [0.25, 0.3) is 0 Å². The highest BCUT2D eigenvalue weighted by atomic mass is 32.2. The summed E-state index contributed by atoms with van der Waals surface area (Å²) in [6.07, 6.45) is 14.4. The van der Waals surface area contributed by atoms with Gasteiger partial charge in [0.25, 0.3) is 0 Å². The van der Waals surface area contributed by atoms with E-state index in [4.69, 9.17) is 14.2 Å². The first-order valence-corrected chi connectivity index (χ1v) is 27.3. The fourth-order valence-corrected chi connectivity index (χ4v) is 9.43. The lowest BCUT2D eigenvalue weighted by Crippen LogP contribution is -2.56. The normalized spacial score (nSPS) is 17.8. The molecule has 3 aromatic heterocycles. The van der Waals surface area contributed by atoms with E-state index in [0.717, 1.165) is 0 Å². The molecule has 1 aliphatic rings. The molecule has 396 valence electrons. The number of carbonyl (C=O) groups is 9. The third-order valence-electron chi connectivity index (χ3n) is 11.9. The van der Waals surface area contributed by atoms with Crippen LogP contribution in [0.1, 0.15) is 55.6 Å². The molecule has 0 spiro atoms. The van der Waals surface area contributed by atoms with Crippen molar-refractivity contribution in [2.45, 2.75) is 94.0 Å². The van der Waals surface area contributed by atoms with E-state index in [-0.39, 0.29) is 57.8 Å². The highest BCUT2D eigenvalue weighted by Gasteiger charge is 2.42. The summed E-state index contributed by atoms with van der Waals surface area (Å²) in [4.78, 5) is 144. The fraction of sp³-hybridized carbons (Fsp3) is 0.600. The van der Waals surface area contributed by atoms with Crippen molar-refractivity contribution >= 4 is 88.6 Å².